The van der Waals surface area contributed by atoms with Gasteiger partial charge < -0.3 is 279 Å². The van der Waals surface area contributed by atoms with Crippen molar-refractivity contribution in [3.05, 3.63) is 0 Å². The van der Waals surface area contributed by atoms with Crippen molar-refractivity contribution in [3.63, 3.8) is 0 Å². The van der Waals surface area contributed by atoms with E-state index in [1.54, 1.807) is 0 Å². The van der Waals surface area contributed by atoms with E-state index in [0.717, 1.165) is 27.7 Å². The van der Waals surface area contributed by atoms with E-state index in [-0.39, 0.29) is 12.9 Å². The van der Waals surface area contributed by atoms with E-state index in [1.807, 2.05) is 0 Å². The van der Waals surface area contributed by atoms with Crippen molar-refractivity contribution in [1.82, 2.24) is 21.3 Å². The van der Waals surface area contributed by atoms with E-state index in [0.29, 0.717) is 0 Å². The maximum absolute atomic E-state index is 13.3. The summed E-state index contributed by atoms with van der Waals surface area (Å²) in [6, 6.07) is -7.01. The first kappa shape index (κ1) is 121. The van der Waals surface area contributed by atoms with E-state index in [2.05, 4.69) is 21.3 Å². The molecule has 0 aromatic carbocycles. The zero-order chi connectivity index (χ0) is 109. The third-order valence-electron chi connectivity index (χ3n) is 29.4. The van der Waals surface area contributed by atoms with Crippen molar-refractivity contribution in [2.24, 2.45) is 29.6 Å². The Kier molecular flexibility index (Phi) is 40.8. The van der Waals surface area contributed by atoms with Gasteiger partial charge in [-0.3, -0.25) is 33.5 Å². The molecule has 13 rings (SSSR count). The van der Waals surface area contributed by atoms with Crippen LogP contribution in [0.5, 0.6) is 0 Å². The SMILES string of the molecule is CC(=O)NC1C(O)[C@H](O[C@@H]2OC3CC(O)(O[C@]4(OC=O)C[C@@H](O)[C@@H](C)C([C@H](O)[C@H](O)CO)O4)[C@@H]3[C@H](O)C2O)[C@H](CO)O[C@H]1OCCC1[C@@H](OCC2O[C@@H](O[C@@H]3C(CO)O[C@@H](O[C@@H]4C(CO)O[C@@H](C)C(NC(C)=O)[C@H]4O)C(NC(C)=O)[C@H]3O)C(O)[C@@H](O[C@H]3OC(CO)[C@@H](O)C(O)C3O[C@@H]3OC(CO)[C@@H](O[C@@H]4OC5[C@@H]([C@H](O[C@]6(OC=O)C[C@@H](O)[C@@H](C)C([C@H](O)[C@H](O)CO)O6)C4O)C5(O)O)[C@H](O)C3NC(C)=O)[C@@H]2O)OC(CO)[C@@H](O)[C@@H]1O. The van der Waals surface area contributed by atoms with Gasteiger partial charge in [0.05, 0.1) is 146 Å². The quantitative estimate of drug-likeness (QED) is 0.0199. The maximum Gasteiger partial charge on any atom is 0.334 e. The fourth-order valence-electron chi connectivity index (χ4n) is 21.2. The van der Waals surface area contributed by atoms with Crippen LogP contribution in [0.4, 0.5) is 0 Å². The lowest BCUT2D eigenvalue weighted by molar-refractivity contribution is -0.506. The lowest BCUT2D eigenvalue weighted by atomic mass is 9.68. The minimum atomic E-state index is -2.96. The molecule has 2 saturated carbocycles. The lowest BCUT2D eigenvalue weighted by Crippen LogP contribution is -2.74. The van der Waals surface area contributed by atoms with Gasteiger partial charge >= 0.3 is 11.9 Å². The molecule has 858 valence electrons. The maximum atomic E-state index is 13.3. The highest BCUT2D eigenvalue weighted by molar-refractivity contribution is 5.74. The summed E-state index contributed by atoms with van der Waals surface area (Å²) < 4.78 is 138. The van der Waals surface area contributed by atoms with Crippen LogP contribution in [0, 0.1) is 29.6 Å². The molecule has 0 aromatic rings. The molecule has 0 radical (unpaired) electrons. The minimum absolute atomic E-state index is 0.198. The summed E-state index contributed by atoms with van der Waals surface area (Å²) in [4.78, 5) is 76.1. The predicted molar refractivity (Wildman–Crippen MR) is 461 cm³/mol. The first-order valence-corrected chi connectivity index (χ1v) is 48.4. The molecule has 63 heteroatoms. The molecule has 11 heterocycles. The molecular formula is C86H140N4O59. The van der Waals surface area contributed by atoms with Gasteiger partial charge in [0.1, 0.15) is 201 Å². The summed E-state index contributed by atoms with van der Waals surface area (Å²) in [6.07, 6.45) is -95.9. The Hall–Kier alpha value is -5.22. The van der Waals surface area contributed by atoms with Crippen molar-refractivity contribution >= 4 is 36.6 Å². The fourth-order valence-corrected chi connectivity index (χ4v) is 21.2. The molecule has 149 heavy (non-hydrogen) atoms. The van der Waals surface area contributed by atoms with E-state index < -0.39 is 475 Å². The number of ether oxygens (including phenoxy) is 23. The van der Waals surface area contributed by atoms with Crippen LogP contribution in [0.3, 0.4) is 0 Å². The summed E-state index contributed by atoms with van der Waals surface area (Å²) in [5.74, 6) is -22.0. The number of hydrogen-bond acceptors (Lipinski definition) is 59. The van der Waals surface area contributed by atoms with Crippen LogP contribution in [0.1, 0.15) is 74.1 Å². The van der Waals surface area contributed by atoms with Gasteiger partial charge in [0.15, 0.2) is 61.9 Å². The Morgan fingerprint density at radius 3 is 1.24 bits per heavy atom. The lowest BCUT2D eigenvalue weighted by Gasteiger charge is -2.59. The molecule has 11 saturated heterocycles. The van der Waals surface area contributed by atoms with Gasteiger partial charge in [-0.25, -0.2) is 0 Å². The molecule has 58 atom stereocenters. The number of rotatable bonds is 43. The number of amides is 4. The van der Waals surface area contributed by atoms with Crippen LogP contribution < -0.4 is 21.3 Å². The Balaban J connectivity index is 0.756. The number of carbonyl (C=O) groups is 6. The molecule has 0 spiro atoms. The number of aliphatic hydroxyl groups is 30. The summed E-state index contributed by atoms with van der Waals surface area (Å²) >= 11 is 0. The van der Waals surface area contributed by atoms with E-state index in [4.69, 9.17) is 109 Å². The highest BCUT2D eigenvalue weighted by Crippen LogP contribution is 2.57. The Morgan fingerprint density at radius 1 is 0.369 bits per heavy atom. The number of fused-ring (bicyclic) bond motifs is 2. The van der Waals surface area contributed by atoms with Crippen molar-refractivity contribution < 1.29 is 291 Å². The van der Waals surface area contributed by atoms with Crippen LogP contribution >= 0.6 is 0 Å². The molecule has 11 aliphatic heterocycles. The van der Waals surface area contributed by atoms with Crippen LogP contribution in [0.2, 0.25) is 0 Å². The molecule has 63 nitrogen and oxygen atoms in total. The third kappa shape index (κ3) is 25.4. The predicted octanol–water partition coefficient (Wildman–Crippen LogP) is -21.3. The van der Waals surface area contributed by atoms with Crippen LogP contribution in [-0.2, 0) is 138 Å². The van der Waals surface area contributed by atoms with Gasteiger partial charge in [-0.1, -0.05) is 13.8 Å². The number of aliphatic hydroxyl groups excluding tert-OH is 27. The average molecular weight is 2170 g/mol. The second-order valence-corrected chi connectivity index (χ2v) is 39.5. The van der Waals surface area contributed by atoms with Gasteiger partial charge in [0, 0.05) is 51.9 Å². The monoisotopic (exact) mass is 2170 g/mol. The molecule has 0 bridgehead atoms. The second-order valence-electron chi connectivity index (χ2n) is 39.5. The standard InChI is InChI=1S/C86H140N4O59/c1-24-32(105)10-84(129-22-99,146-65(24)51(110)34(107)13-91)148-71-45-74(86(45,125)126)145-81(63(71)122)142-70-42(20-98)137-78(49(60(70)119)90-30(7)104)144-73-61(120)54(113)38(16-94)134-82(73)143-72-55(114)43(138-80(64(72)123)141-69-41(19-97)136-77(48(59(69)118)89-29(6)103)139-67-39(17-95)131-26(3)46(57(67)116)87-27(4)101)21-128-75-31(50(109)53(112)37(15-93)133-75)8-9-127-76-47(88-28(5)102)58(117)68(40(18-96)135-76)140-79-62(121)56(115)44-36(132-79)12-83(44,124)149-85(130-23-100)11-33(106)25(2)66(147-85)52(111)35(108)14-92/h22-26,31-82,91-98,105-126H,8-21H2,1-7H3,(H,87,101)(H,88,102)(H,89,103)(H,90,104)/t24-,25-,26+,31?,32-,33-,34-,35-,36?,37?,38?,39?,40+,41?,42?,43?,44+,45-,46?,47?,48?,49?,50-,51-,52-,53-,54-,55-,56+,57-,58?,59-,60-,61?,62?,63?,64?,65?,66?,67-,68-,69-,70-,71+,72+,73?,74?,75+,76-,77+,78+,79+,80+,81-,82-,83?,84+,85+/m1/s1. The van der Waals surface area contributed by atoms with Gasteiger partial charge in [0.2, 0.25) is 23.6 Å². The second kappa shape index (κ2) is 50.3. The first-order chi connectivity index (χ1) is 70.3. The normalized spacial score (nSPS) is 48.6. The van der Waals surface area contributed by atoms with Crippen molar-refractivity contribution in [1.29, 1.82) is 0 Å². The molecular weight excluding hydrogens is 2030 g/mol. The topological polar surface area (TPSA) is 970 Å². The van der Waals surface area contributed by atoms with Crippen molar-refractivity contribution in [3.8, 4) is 0 Å². The molecule has 34 N–H and O–H groups in total. The number of hydrogen-bond donors (Lipinski definition) is 34. The Bertz CT molecular complexity index is 4320. The highest BCUT2D eigenvalue weighted by atomic mass is 16.9. The van der Waals surface area contributed by atoms with Gasteiger partial charge in [-0.2, -0.15) is 0 Å². The first-order valence-electron chi connectivity index (χ1n) is 48.4. The molecule has 4 amide bonds. The average Bonchev–Trinajstić information content (AvgIpc) is 1.53. The van der Waals surface area contributed by atoms with E-state index in [9.17, 15) is 182 Å². The van der Waals surface area contributed by atoms with E-state index in [1.165, 1.54) is 20.8 Å². The summed E-state index contributed by atoms with van der Waals surface area (Å²) in [5, 5.41) is 351. The van der Waals surface area contributed by atoms with Crippen molar-refractivity contribution in [2.45, 2.75) is 404 Å². The Labute approximate surface area is 845 Å². The molecule has 13 aliphatic rings. The van der Waals surface area contributed by atoms with Crippen LogP contribution in [-0.4, -0.2) is 586 Å². The summed E-state index contributed by atoms with van der Waals surface area (Å²) in [6.45, 7) is -3.02. The smallest absolute Gasteiger partial charge is 0.334 e. The largest absolute Gasteiger partial charge is 0.410 e. The summed E-state index contributed by atoms with van der Waals surface area (Å²) in [5.41, 5.74) is 0. The molecule has 0 aromatic heterocycles. The summed E-state index contributed by atoms with van der Waals surface area (Å²) in [7, 11) is 0. The zero-order valence-corrected chi connectivity index (χ0v) is 81.1. The fraction of sp³-hybridized carbons (Fsp3) is 0.930. The Morgan fingerprint density at radius 2 is 0.758 bits per heavy atom. The van der Waals surface area contributed by atoms with E-state index >= 15 is 0 Å². The van der Waals surface area contributed by atoms with Gasteiger partial charge in [-0.05, 0) is 13.3 Å². The minimum Gasteiger partial charge on any atom is -0.410 e. The van der Waals surface area contributed by atoms with Crippen LogP contribution in [0.15, 0.2) is 0 Å². The third-order valence-corrected chi connectivity index (χ3v) is 29.4. The van der Waals surface area contributed by atoms with Gasteiger partial charge in [-0.15, -0.1) is 0 Å². The molecule has 2 aliphatic carbocycles. The number of nitrogens with one attached hydrogen (secondary N) is 4. The highest BCUT2D eigenvalue weighted by Gasteiger charge is 2.77. The molecule has 13 fully saturated rings. The van der Waals surface area contributed by atoms with Crippen LogP contribution in [0.25, 0.3) is 0 Å². The zero-order valence-electron chi connectivity index (χ0n) is 81.1. The molecule has 22 unspecified atom stereocenters. The van der Waals surface area contributed by atoms with Gasteiger partial charge in [0.25, 0.3) is 12.9 Å². The number of carbonyl (C=O) groups excluding carboxylic acids is 6. The van der Waals surface area contributed by atoms with Crippen molar-refractivity contribution in [2.75, 3.05) is 66.1 Å².